The lowest BCUT2D eigenvalue weighted by Gasteiger charge is -2.19. The van der Waals surface area contributed by atoms with Crippen molar-refractivity contribution in [1.82, 2.24) is 4.98 Å². The lowest BCUT2D eigenvalue weighted by molar-refractivity contribution is 0.592. The topological polar surface area (TPSA) is 30.0 Å². The molecule has 0 amide bonds. The molecule has 30 heavy (non-hydrogen) atoms. The molecule has 4 aromatic carbocycles. The third-order valence-corrected chi connectivity index (χ3v) is 8.44. The van der Waals surface area contributed by atoms with E-state index < -0.39 is 7.14 Å². The van der Waals surface area contributed by atoms with Crippen LogP contribution in [-0.4, -0.2) is 4.98 Å². The van der Waals surface area contributed by atoms with E-state index in [2.05, 4.69) is 30.3 Å². The van der Waals surface area contributed by atoms with Crippen LogP contribution in [0.3, 0.4) is 0 Å². The Morgan fingerprint density at radius 1 is 0.533 bits per heavy atom. The fourth-order valence-corrected chi connectivity index (χ4v) is 6.40. The van der Waals surface area contributed by atoms with Gasteiger partial charge in [-0.3, -0.25) is 4.98 Å². The van der Waals surface area contributed by atoms with Gasteiger partial charge in [-0.25, -0.2) is 0 Å². The summed E-state index contributed by atoms with van der Waals surface area (Å²) in [4.78, 5) is 4.70. The van der Waals surface area contributed by atoms with Crippen LogP contribution >= 0.6 is 7.14 Å². The summed E-state index contributed by atoms with van der Waals surface area (Å²) in [6, 6.07) is 37.9. The van der Waals surface area contributed by atoms with Gasteiger partial charge >= 0.3 is 0 Å². The second kappa shape index (κ2) is 7.74. The molecule has 0 fully saturated rings. The van der Waals surface area contributed by atoms with E-state index in [0.29, 0.717) is 0 Å². The lowest BCUT2D eigenvalue weighted by Crippen LogP contribution is -2.25. The molecule has 1 heterocycles. The molecule has 0 N–H and O–H groups in total. The van der Waals surface area contributed by atoms with Gasteiger partial charge in [0, 0.05) is 27.7 Å². The van der Waals surface area contributed by atoms with E-state index in [9.17, 15) is 4.57 Å². The molecule has 0 atom stereocenters. The minimum atomic E-state index is -2.99. The fourth-order valence-electron chi connectivity index (χ4n) is 3.81. The van der Waals surface area contributed by atoms with Crippen LogP contribution in [0.5, 0.6) is 0 Å². The van der Waals surface area contributed by atoms with Gasteiger partial charge in [0.15, 0.2) is 7.14 Å². The van der Waals surface area contributed by atoms with E-state index in [1.54, 1.807) is 6.20 Å². The lowest BCUT2D eigenvalue weighted by atomic mass is 10.0. The van der Waals surface area contributed by atoms with Crippen molar-refractivity contribution >= 4 is 33.8 Å². The monoisotopic (exact) mass is 405 g/mol. The van der Waals surface area contributed by atoms with Gasteiger partial charge in [-0.2, -0.15) is 0 Å². The zero-order chi connectivity index (χ0) is 20.4. The summed E-state index contributed by atoms with van der Waals surface area (Å²) in [6.45, 7) is 0. The molecule has 1 aromatic heterocycles. The van der Waals surface area contributed by atoms with Gasteiger partial charge in [-0.1, -0.05) is 97.1 Å². The van der Waals surface area contributed by atoms with E-state index in [4.69, 9.17) is 4.98 Å². The predicted molar refractivity (Wildman–Crippen MR) is 127 cm³/mol. The Labute approximate surface area is 176 Å². The summed E-state index contributed by atoms with van der Waals surface area (Å²) < 4.78 is 14.4. The van der Waals surface area contributed by atoms with Crippen molar-refractivity contribution in [3.05, 3.63) is 121 Å². The summed E-state index contributed by atoms with van der Waals surface area (Å²) in [5.74, 6) is 0. The first kappa shape index (κ1) is 18.5. The van der Waals surface area contributed by atoms with Gasteiger partial charge in [0.1, 0.15) is 0 Å². The van der Waals surface area contributed by atoms with Gasteiger partial charge in [-0.15, -0.1) is 0 Å². The van der Waals surface area contributed by atoms with Gasteiger partial charge in [0.25, 0.3) is 0 Å². The van der Waals surface area contributed by atoms with Crippen LogP contribution in [-0.2, 0) is 4.57 Å². The van der Waals surface area contributed by atoms with Crippen molar-refractivity contribution in [2.75, 3.05) is 0 Å². The van der Waals surface area contributed by atoms with Crippen molar-refractivity contribution in [3.8, 4) is 11.3 Å². The highest BCUT2D eigenvalue weighted by molar-refractivity contribution is 7.85. The van der Waals surface area contributed by atoms with Crippen LogP contribution in [0.1, 0.15) is 0 Å². The van der Waals surface area contributed by atoms with Crippen molar-refractivity contribution < 1.29 is 4.57 Å². The van der Waals surface area contributed by atoms with Crippen molar-refractivity contribution in [3.63, 3.8) is 0 Å². The van der Waals surface area contributed by atoms with Crippen molar-refractivity contribution in [2.24, 2.45) is 0 Å². The Balaban J connectivity index is 1.60. The Kier molecular flexibility index (Phi) is 4.78. The van der Waals surface area contributed by atoms with Crippen LogP contribution < -0.4 is 15.9 Å². The Morgan fingerprint density at radius 2 is 1.13 bits per heavy atom. The first-order valence-corrected chi connectivity index (χ1v) is 11.6. The fraction of sp³-hybridized carbons (Fsp3) is 0. The average molecular weight is 405 g/mol. The quantitative estimate of drug-likeness (QED) is 0.368. The number of hydrogen-bond acceptors (Lipinski definition) is 2. The minimum absolute atomic E-state index is 0.740. The number of nitrogens with zero attached hydrogens (tertiary/aromatic N) is 1. The van der Waals surface area contributed by atoms with Crippen LogP contribution in [0.2, 0.25) is 0 Å². The number of fused-ring (bicyclic) bond motifs is 1. The second-order valence-corrected chi connectivity index (χ2v) is 10.0. The molecule has 3 heteroatoms. The van der Waals surface area contributed by atoms with Crippen LogP contribution in [0.15, 0.2) is 121 Å². The maximum atomic E-state index is 14.4. The maximum Gasteiger partial charge on any atom is 0.172 e. The molecule has 5 rings (SSSR count). The summed E-state index contributed by atoms with van der Waals surface area (Å²) in [7, 11) is -2.99. The number of hydrogen-bond donors (Lipinski definition) is 0. The molecular formula is C27H20NOP. The molecule has 0 saturated carbocycles. The SMILES string of the molecule is O=P(c1ccccc1)(c1ccccc1)c1ccc(-c2ccc3ccccc3c2)nc1. The summed E-state index contributed by atoms with van der Waals surface area (Å²) in [5, 5.41) is 4.76. The van der Waals surface area contributed by atoms with Gasteiger partial charge < -0.3 is 4.57 Å². The minimum Gasteiger partial charge on any atom is -0.309 e. The molecule has 5 aromatic rings. The van der Waals surface area contributed by atoms with Crippen molar-refractivity contribution in [2.45, 2.75) is 0 Å². The van der Waals surface area contributed by atoms with Crippen LogP contribution in [0.25, 0.3) is 22.0 Å². The molecule has 0 bridgehead atoms. The molecule has 0 aliphatic rings. The molecule has 2 nitrogen and oxygen atoms in total. The highest BCUT2D eigenvalue weighted by Crippen LogP contribution is 2.42. The van der Waals surface area contributed by atoms with Crippen molar-refractivity contribution in [1.29, 1.82) is 0 Å². The molecule has 0 saturated heterocycles. The maximum absolute atomic E-state index is 14.4. The molecule has 0 spiro atoms. The van der Waals surface area contributed by atoms with Crippen LogP contribution in [0.4, 0.5) is 0 Å². The number of pyridine rings is 1. The summed E-state index contributed by atoms with van der Waals surface area (Å²) >= 11 is 0. The normalized spacial score (nSPS) is 11.5. The predicted octanol–water partition coefficient (Wildman–Crippen LogP) is 5.54. The van der Waals surface area contributed by atoms with E-state index in [1.165, 1.54) is 10.8 Å². The van der Waals surface area contributed by atoms with Gasteiger partial charge in [-0.05, 0) is 29.0 Å². The van der Waals surface area contributed by atoms with E-state index in [-0.39, 0.29) is 0 Å². The molecule has 0 aliphatic heterocycles. The number of benzene rings is 4. The average Bonchev–Trinajstić information content (AvgIpc) is 2.84. The highest BCUT2D eigenvalue weighted by Gasteiger charge is 2.29. The zero-order valence-corrected chi connectivity index (χ0v) is 17.2. The standard InChI is InChI=1S/C27H20NOP/c29-30(24-11-3-1-4-12-24,25-13-5-2-6-14-25)26-17-18-27(28-20-26)23-16-15-21-9-7-8-10-22(21)19-23/h1-20H. The first-order valence-electron chi connectivity index (χ1n) is 9.92. The van der Waals surface area contributed by atoms with Gasteiger partial charge in [0.2, 0.25) is 0 Å². The van der Waals surface area contributed by atoms with E-state index in [1.807, 2.05) is 84.9 Å². The number of aromatic nitrogens is 1. The Morgan fingerprint density at radius 3 is 1.73 bits per heavy atom. The molecular weight excluding hydrogens is 385 g/mol. The number of rotatable bonds is 4. The van der Waals surface area contributed by atoms with E-state index in [0.717, 1.165) is 27.2 Å². The smallest absolute Gasteiger partial charge is 0.172 e. The van der Waals surface area contributed by atoms with Crippen LogP contribution in [0, 0.1) is 0 Å². The first-order chi connectivity index (χ1) is 14.7. The molecule has 0 aliphatic carbocycles. The largest absolute Gasteiger partial charge is 0.309 e. The summed E-state index contributed by atoms with van der Waals surface area (Å²) in [5.41, 5.74) is 1.92. The zero-order valence-electron chi connectivity index (χ0n) is 16.3. The Hall–Kier alpha value is -3.48. The Bertz CT molecular complexity index is 1300. The third kappa shape index (κ3) is 3.26. The van der Waals surface area contributed by atoms with Gasteiger partial charge in [0.05, 0.1) is 5.69 Å². The molecule has 144 valence electrons. The third-order valence-electron chi connectivity index (χ3n) is 5.40. The van der Waals surface area contributed by atoms with E-state index >= 15 is 0 Å². The molecule has 0 unspecified atom stereocenters. The highest BCUT2D eigenvalue weighted by atomic mass is 31.2. The summed E-state index contributed by atoms with van der Waals surface area (Å²) in [6.07, 6.45) is 1.77. The second-order valence-electron chi connectivity index (χ2n) is 7.24. The molecule has 0 radical (unpaired) electrons.